The Labute approximate surface area is 154 Å². The number of benzene rings is 1. The number of aromatic nitrogens is 2. The van der Waals surface area contributed by atoms with Crippen LogP contribution in [-0.2, 0) is 16.0 Å². The third-order valence-corrected chi connectivity index (χ3v) is 5.86. The lowest BCUT2D eigenvalue weighted by Gasteiger charge is -2.10. The molecule has 0 saturated heterocycles. The lowest BCUT2D eigenvalue weighted by molar-refractivity contribution is -0.138. The predicted molar refractivity (Wildman–Crippen MR) is 92.7 cm³/mol. The van der Waals surface area contributed by atoms with Crippen molar-refractivity contribution >= 4 is 43.5 Å². The molecule has 132 valence electrons. The Morgan fingerprint density at radius 2 is 1.96 bits per heavy atom. The van der Waals surface area contributed by atoms with Crippen LogP contribution in [0.5, 0.6) is 0 Å². The van der Waals surface area contributed by atoms with Crippen LogP contribution in [0.25, 0.3) is 22.7 Å². The Morgan fingerprint density at radius 1 is 1.24 bits per heavy atom. The van der Waals surface area contributed by atoms with Gasteiger partial charge in [-0.1, -0.05) is 6.92 Å². The molecule has 0 radical (unpaired) electrons. The normalized spacial score (nSPS) is 12.7. The summed E-state index contributed by atoms with van der Waals surface area (Å²) in [4.78, 5) is 7.30. The standard InChI is InChI=1S/C15H10F3IN2O3S/c1-2-25(22,23)12-5-8(15(16,17)18)7-20-13(12)14-21-10-6-9(19)3-4-11(10)24-14/h3-7H,2H2,1H3. The minimum Gasteiger partial charge on any atom is -0.435 e. The molecule has 3 rings (SSSR count). The van der Waals surface area contributed by atoms with Crippen LogP contribution in [-0.4, -0.2) is 24.1 Å². The van der Waals surface area contributed by atoms with E-state index in [1.807, 2.05) is 0 Å². The highest BCUT2D eigenvalue weighted by Crippen LogP contribution is 2.35. The van der Waals surface area contributed by atoms with Crippen molar-refractivity contribution in [3.8, 4) is 11.6 Å². The molecule has 10 heteroatoms. The highest BCUT2D eigenvalue weighted by atomic mass is 127. The lowest BCUT2D eigenvalue weighted by Crippen LogP contribution is -2.12. The van der Waals surface area contributed by atoms with Crippen LogP contribution in [0.2, 0.25) is 0 Å². The van der Waals surface area contributed by atoms with Crippen molar-refractivity contribution in [3.05, 3.63) is 39.6 Å². The molecular weight excluding hydrogens is 472 g/mol. The highest BCUT2D eigenvalue weighted by Gasteiger charge is 2.34. The van der Waals surface area contributed by atoms with Gasteiger partial charge in [-0.3, -0.25) is 0 Å². The summed E-state index contributed by atoms with van der Waals surface area (Å²) in [7, 11) is -3.97. The van der Waals surface area contributed by atoms with E-state index in [1.54, 1.807) is 18.2 Å². The molecule has 0 fully saturated rings. The van der Waals surface area contributed by atoms with Gasteiger partial charge < -0.3 is 4.42 Å². The molecule has 5 nitrogen and oxygen atoms in total. The van der Waals surface area contributed by atoms with Crippen LogP contribution in [0.3, 0.4) is 0 Å². The van der Waals surface area contributed by atoms with E-state index in [-0.39, 0.29) is 17.3 Å². The second-order valence-corrected chi connectivity index (χ2v) is 8.60. The van der Waals surface area contributed by atoms with Gasteiger partial charge in [0.15, 0.2) is 15.4 Å². The first-order valence-corrected chi connectivity index (χ1v) is 9.71. The quantitative estimate of drug-likeness (QED) is 0.521. The Bertz CT molecular complexity index is 1060. The van der Waals surface area contributed by atoms with Crippen molar-refractivity contribution in [2.45, 2.75) is 18.0 Å². The van der Waals surface area contributed by atoms with E-state index in [1.165, 1.54) is 6.92 Å². The Balaban J connectivity index is 2.26. The first kappa shape index (κ1) is 18.1. The zero-order chi connectivity index (χ0) is 18.4. The number of alkyl halides is 3. The van der Waals surface area contributed by atoms with Crippen molar-refractivity contribution in [2.24, 2.45) is 0 Å². The Hall–Kier alpha value is -1.69. The average molecular weight is 482 g/mol. The number of halogens is 4. The maximum absolute atomic E-state index is 12.9. The van der Waals surface area contributed by atoms with Gasteiger partial charge in [0.1, 0.15) is 11.2 Å². The van der Waals surface area contributed by atoms with Gasteiger partial charge in [0, 0.05) is 9.77 Å². The molecule has 3 aromatic rings. The molecule has 0 bridgehead atoms. The predicted octanol–water partition coefficient (Wildman–Crippen LogP) is 4.31. The molecule has 0 aliphatic carbocycles. The van der Waals surface area contributed by atoms with E-state index in [0.29, 0.717) is 23.4 Å². The zero-order valence-corrected chi connectivity index (χ0v) is 15.6. The second kappa shape index (κ2) is 6.24. The molecule has 2 heterocycles. The molecule has 25 heavy (non-hydrogen) atoms. The van der Waals surface area contributed by atoms with Gasteiger partial charge in [-0.25, -0.2) is 18.4 Å². The summed E-state index contributed by atoms with van der Waals surface area (Å²) in [6, 6.07) is 5.69. The third-order valence-electron chi connectivity index (χ3n) is 3.45. The number of oxazole rings is 1. The molecular formula is C15H10F3IN2O3S. The lowest BCUT2D eigenvalue weighted by atomic mass is 10.2. The molecule has 0 aliphatic heterocycles. The van der Waals surface area contributed by atoms with Crippen LogP contribution >= 0.6 is 22.6 Å². The number of fused-ring (bicyclic) bond motifs is 1. The summed E-state index contributed by atoms with van der Waals surface area (Å²) in [6.07, 6.45) is -4.14. The summed E-state index contributed by atoms with van der Waals surface area (Å²) in [5.41, 5.74) is -0.532. The fraction of sp³-hybridized carbons (Fsp3) is 0.200. The first-order chi connectivity index (χ1) is 11.6. The smallest absolute Gasteiger partial charge is 0.417 e. The van der Waals surface area contributed by atoms with Gasteiger partial charge in [-0.15, -0.1) is 0 Å². The molecule has 0 spiro atoms. The summed E-state index contributed by atoms with van der Waals surface area (Å²) in [6.45, 7) is 1.34. The van der Waals surface area contributed by atoms with Gasteiger partial charge in [0.25, 0.3) is 0 Å². The maximum atomic E-state index is 12.9. The van der Waals surface area contributed by atoms with Gasteiger partial charge in [-0.05, 0) is 46.9 Å². The number of nitrogens with zero attached hydrogens (tertiary/aromatic N) is 2. The maximum Gasteiger partial charge on any atom is 0.417 e. The van der Waals surface area contributed by atoms with Crippen molar-refractivity contribution in [1.82, 2.24) is 9.97 Å². The van der Waals surface area contributed by atoms with Crippen LogP contribution < -0.4 is 0 Å². The minimum absolute atomic E-state index is 0.141. The number of hydrogen-bond acceptors (Lipinski definition) is 5. The molecule has 0 saturated carbocycles. The molecule has 0 atom stereocenters. The molecule has 2 aromatic heterocycles. The van der Waals surface area contributed by atoms with E-state index in [0.717, 1.165) is 3.57 Å². The largest absolute Gasteiger partial charge is 0.435 e. The van der Waals surface area contributed by atoms with E-state index in [4.69, 9.17) is 4.42 Å². The second-order valence-electron chi connectivity index (χ2n) is 5.10. The molecule has 0 amide bonds. The number of sulfone groups is 1. The first-order valence-electron chi connectivity index (χ1n) is 6.98. The van der Waals surface area contributed by atoms with E-state index < -0.39 is 26.5 Å². The van der Waals surface area contributed by atoms with Crippen LogP contribution in [0.1, 0.15) is 12.5 Å². The highest BCUT2D eigenvalue weighted by molar-refractivity contribution is 14.1. The van der Waals surface area contributed by atoms with Gasteiger partial charge >= 0.3 is 6.18 Å². The Morgan fingerprint density at radius 3 is 2.60 bits per heavy atom. The molecule has 0 aliphatic rings. The van der Waals surface area contributed by atoms with E-state index >= 15 is 0 Å². The molecule has 0 unspecified atom stereocenters. The van der Waals surface area contributed by atoms with Gasteiger partial charge in [-0.2, -0.15) is 13.2 Å². The fourth-order valence-electron chi connectivity index (χ4n) is 2.15. The van der Waals surface area contributed by atoms with E-state index in [2.05, 4.69) is 32.6 Å². The van der Waals surface area contributed by atoms with E-state index in [9.17, 15) is 21.6 Å². The SMILES string of the molecule is CCS(=O)(=O)c1cc(C(F)(F)F)cnc1-c1nc2cc(I)ccc2o1. The van der Waals surface area contributed by atoms with Crippen molar-refractivity contribution in [3.63, 3.8) is 0 Å². The van der Waals surface area contributed by atoms with Gasteiger partial charge in [0.2, 0.25) is 5.89 Å². The van der Waals surface area contributed by atoms with Crippen LogP contribution in [0, 0.1) is 3.57 Å². The third kappa shape index (κ3) is 3.50. The Kier molecular flexibility index (Phi) is 4.52. The molecule has 0 N–H and O–H groups in total. The van der Waals surface area contributed by atoms with Gasteiger partial charge in [0.05, 0.1) is 16.2 Å². The minimum atomic E-state index is -4.71. The summed E-state index contributed by atoms with van der Waals surface area (Å²) < 4.78 is 69.7. The van der Waals surface area contributed by atoms with Crippen molar-refractivity contribution in [1.29, 1.82) is 0 Å². The van der Waals surface area contributed by atoms with Crippen LogP contribution in [0.15, 0.2) is 39.8 Å². The van der Waals surface area contributed by atoms with Crippen molar-refractivity contribution in [2.75, 3.05) is 5.75 Å². The van der Waals surface area contributed by atoms with Crippen LogP contribution in [0.4, 0.5) is 13.2 Å². The summed E-state index contributed by atoms with van der Waals surface area (Å²) in [5, 5.41) is 0. The average Bonchev–Trinajstić information content (AvgIpc) is 2.96. The molecule has 1 aromatic carbocycles. The van der Waals surface area contributed by atoms with Crippen molar-refractivity contribution < 1.29 is 26.0 Å². The summed E-state index contributed by atoms with van der Waals surface area (Å²) >= 11 is 2.07. The number of rotatable bonds is 3. The fourth-order valence-corrected chi connectivity index (χ4v) is 3.68. The zero-order valence-electron chi connectivity index (χ0n) is 12.6. The number of hydrogen-bond donors (Lipinski definition) is 0. The summed E-state index contributed by atoms with van der Waals surface area (Å²) in [5.74, 6) is -0.515. The topological polar surface area (TPSA) is 73.1 Å². The number of pyridine rings is 1. The monoisotopic (exact) mass is 482 g/mol.